The minimum atomic E-state index is -0.527. The lowest BCUT2D eigenvalue weighted by atomic mass is 10.1. The van der Waals surface area contributed by atoms with Gasteiger partial charge in [0.1, 0.15) is 0 Å². The summed E-state index contributed by atoms with van der Waals surface area (Å²) in [6.45, 7) is 3.72. The molecule has 23 heavy (non-hydrogen) atoms. The molecule has 1 aromatic carbocycles. The maximum Gasteiger partial charge on any atom is 0.321 e. The number of aromatic nitrogens is 3. The van der Waals surface area contributed by atoms with Gasteiger partial charge in [0.2, 0.25) is 5.91 Å². The number of aryl methyl sites for hydroxylation is 1. The fourth-order valence-electron chi connectivity index (χ4n) is 1.96. The zero-order valence-corrected chi connectivity index (χ0v) is 14.3. The van der Waals surface area contributed by atoms with Gasteiger partial charge in [0.15, 0.2) is 11.0 Å². The number of hydrogen-bond acceptors (Lipinski definition) is 5. The van der Waals surface area contributed by atoms with Crippen LogP contribution in [0.4, 0.5) is 4.79 Å². The molecule has 1 unspecified atom stereocenters. The minimum absolute atomic E-state index is 0.380. The van der Waals surface area contributed by atoms with Gasteiger partial charge in [-0.25, -0.2) is 4.79 Å². The molecule has 0 aliphatic rings. The summed E-state index contributed by atoms with van der Waals surface area (Å²) < 4.78 is 1.84. The van der Waals surface area contributed by atoms with E-state index in [1.54, 1.807) is 6.92 Å². The molecule has 0 aliphatic carbocycles. The molecule has 2 aromatic rings. The van der Waals surface area contributed by atoms with Crippen LogP contribution in [0.15, 0.2) is 29.4 Å². The molecule has 0 fully saturated rings. The van der Waals surface area contributed by atoms with E-state index < -0.39 is 11.3 Å². The molecule has 122 valence electrons. The van der Waals surface area contributed by atoms with Gasteiger partial charge >= 0.3 is 6.03 Å². The molecular weight excluding hydrogens is 314 g/mol. The maximum atomic E-state index is 11.9. The van der Waals surface area contributed by atoms with Crippen LogP contribution in [0.1, 0.15) is 12.5 Å². The topological polar surface area (TPSA) is 88.9 Å². The Morgan fingerprint density at radius 1 is 1.26 bits per heavy atom. The summed E-state index contributed by atoms with van der Waals surface area (Å²) in [4.78, 5) is 23.1. The SMILES string of the molecule is CNC(=O)NC(=O)C(C)Sc1nnc(-c2ccccc2C)n1C. The zero-order valence-electron chi connectivity index (χ0n) is 13.5. The molecule has 0 saturated heterocycles. The van der Waals surface area contributed by atoms with Gasteiger partial charge in [0, 0.05) is 19.7 Å². The fraction of sp³-hybridized carbons (Fsp3) is 0.333. The molecular formula is C15H19N5O2S. The number of carbonyl (C=O) groups excluding carboxylic acids is 2. The lowest BCUT2D eigenvalue weighted by Crippen LogP contribution is -2.41. The summed E-state index contributed by atoms with van der Waals surface area (Å²) in [7, 11) is 3.31. The van der Waals surface area contributed by atoms with Crippen LogP contribution in [0.3, 0.4) is 0 Å². The van der Waals surface area contributed by atoms with Crippen molar-refractivity contribution in [2.45, 2.75) is 24.3 Å². The Balaban J connectivity index is 2.15. The van der Waals surface area contributed by atoms with Gasteiger partial charge in [-0.1, -0.05) is 36.0 Å². The van der Waals surface area contributed by atoms with Crippen molar-refractivity contribution in [2.24, 2.45) is 7.05 Å². The molecule has 8 heteroatoms. The van der Waals surface area contributed by atoms with Gasteiger partial charge in [-0.2, -0.15) is 0 Å². The van der Waals surface area contributed by atoms with Gasteiger partial charge in [0.05, 0.1) is 5.25 Å². The monoisotopic (exact) mass is 333 g/mol. The normalized spacial score (nSPS) is 11.8. The summed E-state index contributed by atoms with van der Waals surface area (Å²) in [6, 6.07) is 7.38. The number of urea groups is 1. The first-order valence-electron chi connectivity index (χ1n) is 7.08. The number of imide groups is 1. The number of thioether (sulfide) groups is 1. The highest BCUT2D eigenvalue weighted by atomic mass is 32.2. The molecule has 0 spiro atoms. The smallest absolute Gasteiger partial charge is 0.321 e. The van der Waals surface area contributed by atoms with Gasteiger partial charge in [-0.3, -0.25) is 10.1 Å². The van der Waals surface area contributed by atoms with E-state index >= 15 is 0 Å². The molecule has 2 rings (SSSR count). The second-order valence-electron chi connectivity index (χ2n) is 5.01. The maximum absolute atomic E-state index is 11.9. The van der Waals surface area contributed by atoms with Crippen LogP contribution in [0.5, 0.6) is 0 Å². The van der Waals surface area contributed by atoms with Crippen molar-refractivity contribution in [2.75, 3.05) is 7.05 Å². The summed E-state index contributed by atoms with van der Waals surface area (Å²) in [5, 5.41) is 13.1. The molecule has 0 saturated carbocycles. The van der Waals surface area contributed by atoms with Crippen LogP contribution in [-0.4, -0.2) is 39.0 Å². The number of carbonyl (C=O) groups is 2. The molecule has 0 bridgehead atoms. The van der Waals surface area contributed by atoms with E-state index in [4.69, 9.17) is 0 Å². The molecule has 0 aliphatic heterocycles. The van der Waals surface area contributed by atoms with Crippen molar-refractivity contribution in [3.8, 4) is 11.4 Å². The zero-order chi connectivity index (χ0) is 17.0. The molecule has 2 N–H and O–H groups in total. The van der Waals surface area contributed by atoms with Gasteiger partial charge < -0.3 is 9.88 Å². The molecule has 0 radical (unpaired) electrons. The first-order valence-corrected chi connectivity index (χ1v) is 7.96. The Labute approximate surface area is 138 Å². The predicted molar refractivity (Wildman–Crippen MR) is 89.1 cm³/mol. The van der Waals surface area contributed by atoms with Crippen LogP contribution in [0, 0.1) is 6.92 Å². The van der Waals surface area contributed by atoms with Gasteiger partial charge in [-0.05, 0) is 19.4 Å². The Bertz CT molecular complexity index is 728. The summed E-state index contributed by atoms with van der Waals surface area (Å²) in [5.41, 5.74) is 2.10. The van der Waals surface area contributed by atoms with E-state index in [0.29, 0.717) is 5.16 Å². The Morgan fingerprint density at radius 3 is 2.61 bits per heavy atom. The lowest BCUT2D eigenvalue weighted by molar-refractivity contribution is -0.119. The summed E-state index contributed by atoms with van der Waals surface area (Å²) in [6.07, 6.45) is 0. The van der Waals surface area contributed by atoms with Crippen molar-refractivity contribution in [3.05, 3.63) is 29.8 Å². The molecule has 7 nitrogen and oxygen atoms in total. The van der Waals surface area contributed by atoms with Gasteiger partial charge in [-0.15, -0.1) is 10.2 Å². The first-order chi connectivity index (χ1) is 10.9. The van der Waals surface area contributed by atoms with Crippen LogP contribution in [-0.2, 0) is 11.8 Å². The number of nitrogens with one attached hydrogen (secondary N) is 2. The first kappa shape index (κ1) is 17.0. The Morgan fingerprint density at radius 2 is 1.96 bits per heavy atom. The van der Waals surface area contributed by atoms with Crippen LogP contribution >= 0.6 is 11.8 Å². The highest BCUT2D eigenvalue weighted by molar-refractivity contribution is 8.00. The average molecular weight is 333 g/mol. The van der Waals surface area contributed by atoms with E-state index in [1.807, 2.05) is 42.8 Å². The Hall–Kier alpha value is -2.35. The van der Waals surface area contributed by atoms with Crippen molar-refractivity contribution in [3.63, 3.8) is 0 Å². The highest BCUT2D eigenvalue weighted by Crippen LogP contribution is 2.27. The van der Waals surface area contributed by atoms with Crippen molar-refractivity contribution >= 4 is 23.7 Å². The number of hydrogen-bond donors (Lipinski definition) is 2. The van der Waals surface area contributed by atoms with Crippen LogP contribution < -0.4 is 10.6 Å². The van der Waals surface area contributed by atoms with Crippen molar-refractivity contribution < 1.29 is 9.59 Å². The second-order valence-corrected chi connectivity index (χ2v) is 6.32. The lowest BCUT2D eigenvalue weighted by Gasteiger charge is -2.11. The summed E-state index contributed by atoms with van der Waals surface area (Å²) in [5.74, 6) is 0.360. The third kappa shape index (κ3) is 3.89. The van der Waals surface area contributed by atoms with E-state index in [1.165, 1.54) is 18.8 Å². The second kappa shape index (κ2) is 7.28. The average Bonchev–Trinajstić information content (AvgIpc) is 2.88. The van der Waals surface area contributed by atoms with Crippen molar-refractivity contribution in [1.82, 2.24) is 25.4 Å². The molecule has 1 aromatic heterocycles. The standard InChI is InChI=1S/C15H19N5O2S/c1-9-7-5-6-8-11(9)12-18-19-15(20(12)4)23-10(2)13(21)17-14(22)16-3/h5-8,10H,1-4H3,(H2,16,17,21,22). The van der Waals surface area contributed by atoms with E-state index in [0.717, 1.165) is 17.0 Å². The highest BCUT2D eigenvalue weighted by Gasteiger charge is 2.20. The third-order valence-corrected chi connectivity index (χ3v) is 4.47. The Kier molecular flexibility index (Phi) is 5.38. The predicted octanol–water partition coefficient (Wildman–Crippen LogP) is 1.73. The number of amides is 3. The van der Waals surface area contributed by atoms with Crippen LogP contribution in [0.2, 0.25) is 0 Å². The molecule has 3 amide bonds. The van der Waals surface area contributed by atoms with E-state index in [-0.39, 0.29) is 5.91 Å². The van der Waals surface area contributed by atoms with E-state index in [2.05, 4.69) is 20.8 Å². The molecule has 1 heterocycles. The fourth-order valence-corrected chi connectivity index (χ4v) is 2.78. The van der Waals surface area contributed by atoms with Crippen LogP contribution in [0.25, 0.3) is 11.4 Å². The number of nitrogens with zero attached hydrogens (tertiary/aromatic N) is 3. The number of benzene rings is 1. The van der Waals surface area contributed by atoms with Crippen molar-refractivity contribution in [1.29, 1.82) is 0 Å². The number of rotatable bonds is 4. The van der Waals surface area contributed by atoms with E-state index in [9.17, 15) is 9.59 Å². The summed E-state index contributed by atoms with van der Waals surface area (Å²) >= 11 is 1.25. The quantitative estimate of drug-likeness (QED) is 0.832. The molecule has 1 atom stereocenters. The minimum Gasteiger partial charge on any atom is -0.341 e. The third-order valence-electron chi connectivity index (χ3n) is 3.34. The van der Waals surface area contributed by atoms with Gasteiger partial charge in [0.25, 0.3) is 0 Å². The largest absolute Gasteiger partial charge is 0.341 e.